The van der Waals surface area contributed by atoms with Gasteiger partial charge in [-0.1, -0.05) is 30.9 Å². The van der Waals surface area contributed by atoms with Gasteiger partial charge in [0.1, 0.15) is 6.54 Å². The lowest BCUT2D eigenvalue weighted by atomic mass is 10.1. The van der Waals surface area contributed by atoms with Gasteiger partial charge in [-0.2, -0.15) is 0 Å². The highest BCUT2D eigenvalue weighted by Crippen LogP contribution is 2.10. The first-order valence-corrected chi connectivity index (χ1v) is 4.53. The molecule has 0 unspecified atom stereocenters. The molecule has 2 heteroatoms. The molecule has 0 saturated carbocycles. The zero-order chi connectivity index (χ0) is 9.90. The average Bonchev–Trinajstić information content (AvgIpc) is 2.01. The molecule has 78 valence electrons. The van der Waals surface area contributed by atoms with Gasteiger partial charge in [0.15, 0.2) is 0 Å². The van der Waals surface area contributed by atoms with Crippen molar-refractivity contribution in [3.63, 3.8) is 0 Å². The number of halogens is 1. The minimum absolute atomic E-state index is 0. The highest BCUT2D eigenvalue weighted by Gasteiger charge is 2.07. The Morgan fingerprint density at radius 1 is 1.29 bits per heavy atom. The number of rotatable bonds is 3. The zero-order valence-corrected chi connectivity index (χ0v) is 11.3. The fourth-order valence-corrected chi connectivity index (χ4v) is 1.37. The molecule has 0 amide bonds. The number of nitrogens with zero attached hydrogens (tertiary/aromatic N) is 1. The Bertz CT molecular complexity index is 299. The van der Waals surface area contributed by atoms with Gasteiger partial charge in [0.2, 0.25) is 0 Å². The van der Waals surface area contributed by atoms with Gasteiger partial charge in [0.05, 0.1) is 21.1 Å². The summed E-state index contributed by atoms with van der Waals surface area (Å²) in [5.41, 5.74) is 2.57. The molecular formula is C12H18IN. The minimum atomic E-state index is 0. The van der Waals surface area contributed by atoms with Gasteiger partial charge >= 0.3 is 0 Å². The molecular weight excluding hydrogens is 285 g/mol. The Labute approximate surface area is 104 Å². The highest BCUT2D eigenvalue weighted by molar-refractivity contribution is 5.47. The van der Waals surface area contributed by atoms with E-state index >= 15 is 0 Å². The van der Waals surface area contributed by atoms with Gasteiger partial charge in [0.25, 0.3) is 0 Å². The van der Waals surface area contributed by atoms with E-state index in [0.29, 0.717) is 0 Å². The van der Waals surface area contributed by atoms with Crippen LogP contribution in [0.25, 0.3) is 6.08 Å². The summed E-state index contributed by atoms with van der Waals surface area (Å²) < 4.78 is 0.959. The number of benzene rings is 1. The molecule has 0 saturated heterocycles. The summed E-state index contributed by atoms with van der Waals surface area (Å²) in [5, 5.41) is 0. The van der Waals surface area contributed by atoms with Gasteiger partial charge in [-0.05, 0) is 11.6 Å². The maximum atomic E-state index is 3.76. The quantitative estimate of drug-likeness (QED) is 0.524. The van der Waals surface area contributed by atoms with Crippen molar-refractivity contribution in [3.8, 4) is 0 Å². The molecule has 0 heterocycles. The summed E-state index contributed by atoms with van der Waals surface area (Å²) >= 11 is 0. The minimum Gasteiger partial charge on any atom is -1.00 e. The molecule has 0 fully saturated rings. The number of hydrogen-bond donors (Lipinski definition) is 0. The second-order valence-corrected chi connectivity index (χ2v) is 4.40. The van der Waals surface area contributed by atoms with E-state index in [1.165, 1.54) is 11.1 Å². The van der Waals surface area contributed by atoms with E-state index in [4.69, 9.17) is 0 Å². The predicted octanol–water partition coefficient (Wildman–Crippen LogP) is -0.460. The first kappa shape index (κ1) is 13.7. The summed E-state index contributed by atoms with van der Waals surface area (Å²) in [7, 11) is 6.59. The van der Waals surface area contributed by atoms with E-state index in [-0.39, 0.29) is 24.0 Å². The van der Waals surface area contributed by atoms with Gasteiger partial charge in [-0.25, -0.2) is 0 Å². The molecule has 0 atom stereocenters. The molecule has 0 aliphatic rings. The van der Waals surface area contributed by atoms with Crippen LogP contribution in [0, 0.1) is 0 Å². The standard InChI is InChI=1S/C12H18N.HI/c1-5-11-7-6-8-12(9-11)10-13(2,3)4;/h5-9H,1,10H2,2-4H3;1H/q+1;/p-1. The third-order valence-corrected chi connectivity index (χ3v) is 1.84. The van der Waals surface area contributed by atoms with Crippen LogP contribution in [0.5, 0.6) is 0 Å². The van der Waals surface area contributed by atoms with Crippen LogP contribution in [0.2, 0.25) is 0 Å². The molecule has 0 N–H and O–H groups in total. The fourth-order valence-electron chi connectivity index (χ4n) is 1.37. The summed E-state index contributed by atoms with van der Waals surface area (Å²) in [6.07, 6.45) is 1.89. The lowest BCUT2D eigenvalue weighted by molar-refractivity contribution is -0.884. The normalized spacial score (nSPS) is 10.5. The monoisotopic (exact) mass is 303 g/mol. The van der Waals surface area contributed by atoms with E-state index in [1.807, 2.05) is 6.08 Å². The topological polar surface area (TPSA) is 0 Å². The molecule has 1 aromatic carbocycles. The van der Waals surface area contributed by atoms with Crippen molar-refractivity contribution in [1.29, 1.82) is 0 Å². The maximum absolute atomic E-state index is 3.76. The molecule has 0 aliphatic carbocycles. The van der Waals surface area contributed by atoms with Crippen molar-refractivity contribution in [3.05, 3.63) is 42.0 Å². The summed E-state index contributed by atoms with van der Waals surface area (Å²) in [6.45, 7) is 4.82. The molecule has 0 aromatic heterocycles. The molecule has 0 radical (unpaired) electrons. The van der Waals surface area contributed by atoms with Gasteiger partial charge in [0, 0.05) is 5.56 Å². The smallest absolute Gasteiger partial charge is 0.104 e. The van der Waals surface area contributed by atoms with E-state index < -0.39 is 0 Å². The van der Waals surface area contributed by atoms with Crippen molar-refractivity contribution >= 4 is 6.08 Å². The van der Waals surface area contributed by atoms with Gasteiger partial charge in [-0.15, -0.1) is 0 Å². The largest absolute Gasteiger partial charge is 1.00 e. The molecule has 0 spiro atoms. The molecule has 1 rings (SSSR count). The first-order valence-electron chi connectivity index (χ1n) is 4.53. The first-order chi connectivity index (χ1) is 6.01. The number of hydrogen-bond acceptors (Lipinski definition) is 0. The fraction of sp³-hybridized carbons (Fsp3) is 0.333. The van der Waals surface area contributed by atoms with E-state index in [2.05, 4.69) is 52.0 Å². The highest BCUT2D eigenvalue weighted by atomic mass is 127. The Morgan fingerprint density at radius 3 is 2.43 bits per heavy atom. The zero-order valence-electron chi connectivity index (χ0n) is 9.13. The van der Waals surface area contributed by atoms with Crippen molar-refractivity contribution < 1.29 is 28.5 Å². The lowest BCUT2D eigenvalue weighted by Gasteiger charge is -2.23. The van der Waals surface area contributed by atoms with Crippen LogP contribution in [-0.4, -0.2) is 25.6 Å². The van der Waals surface area contributed by atoms with Crippen LogP contribution in [0.1, 0.15) is 11.1 Å². The summed E-state index contributed by atoms with van der Waals surface area (Å²) in [4.78, 5) is 0. The molecule has 0 bridgehead atoms. The van der Waals surface area contributed by atoms with Gasteiger partial charge in [-0.3, -0.25) is 0 Å². The van der Waals surface area contributed by atoms with Crippen LogP contribution in [0.4, 0.5) is 0 Å². The lowest BCUT2D eigenvalue weighted by Crippen LogP contribution is -3.00. The van der Waals surface area contributed by atoms with Gasteiger partial charge < -0.3 is 28.5 Å². The molecule has 1 aromatic rings. The molecule has 0 aliphatic heterocycles. The second-order valence-electron chi connectivity index (χ2n) is 4.40. The van der Waals surface area contributed by atoms with Crippen molar-refractivity contribution in [2.24, 2.45) is 0 Å². The SMILES string of the molecule is C=Cc1cccc(C[N+](C)(C)C)c1.[I-]. The number of quaternary nitrogens is 1. The van der Waals surface area contributed by atoms with E-state index in [9.17, 15) is 0 Å². The Kier molecular flexibility index (Phi) is 5.37. The third kappa shape index (κ3) is 4.77. The van der Waals surface area contributed by atoms with Crippen LogP contribution in [0.3, 0.4) is 0 Å². The van der Waals surface area contributed by atoms with Crippen LogP contribution < -0.4 is 24.0 Å². The molecule has 1 nitrogen and oxygen atoms in total. The average molecular weight is 303 g/mol. The molecule has 14 heavy (non-hydrogen) atoms. The van der Waals surface area contributed by atoms with Crippen molar-refractivity contribution in [1.82, 2.24) is 0 Å². The predicted molar refractivity (Wildman–Crippen MR) is 58.3 cm³/mol. The van der Waals surface area contributed by atoms with E-state index in [0.717, 1.165) is 11.0 Å². The Hall–Kier alpha value is -0.350. The van der Waals surface area contributed by atoms with Crippen molar-refractivity contribution in [2.45, 2.75) is 6.54 Å². The Morgan fingerprint density at radius 2 is 1.93 bits per heavy atom. The second kappa shape index (κ2) is 5.51. The Balaban J connectivity index is 0.00000169. The van der Waals surface area contributed by atoms with Crippen LogP contribution in [0.15, 0.2) is 30.8 Å². The summed E-state index contributed by atoms with van der Waals surface area (Å²) in [6, 6.07) is 8.52. The van der Waals surface area contributed by atoms with Crippen LogP contribution >= 0.6 is 0 Å². The van der Waals surface area contributed by atoms with E-state index in [1.54, 1.807) is 0 Å². The maximum Gasteiger partial charge on any atom is 0.104 e. The van der Waals surface area contributed by atoms with Crippen LogP contribution in [-0.2, 0) is 6.54 Å². The third-order valence-electron chi connectivity index (χ3n) is 1.84. The van der Waals surface area contributed by atoms with Crippen molar-refractivity contribution in [2.75, 3.05) is 21.1 Å². The summed E-state index contributed by atoms with van der Waals surface area (Å²) in [5.74, 6) is 0.